The fourth-order valence-electron chi connectivity index (χ4n) is 3.82. The number of anilines is 3. The van der Waals surface area contributed by atoms with Gasteiger partial charge in [0, 0.05) is 37.6 Å². The minimum Gasteiger partial charge on any atom is -0.508 e. The molecule has 172 valence electrons. The van der Waals surface area contributed by atoms with Crippen molar-refractivity contribution < 1.29 is 14.6 Å². The van der Waals surface area contributed by atoms with Gasteiger partial charge in [0.05, 0.1) is 12.8 Å². The summed E-state index contributed by atoms with van der Waals surface area (Å²) in [6, 6.07) is 18.5. The minimum absolute atomic E-state index is 0.190. The number of para-hydroxylation sites is 1. The number of carbonyl (C=O) groups is 1. The number of pyridine rings is 1. The first kappa shape index (κ1) is 22.3. The van der Waals surface area contributed by atoms with E-state index >= 15 is 0 Å². The predicted molar refractivity (Wildman–Crippen MR) is 129 cm³/mol. The summed E-state index contributed by atoms with van der Waals surface area (Å²) in [5.74, 6) is 0.688. The molecule has 2 N–H and O–H groups in total. The Morgan fingerprint density at radius 1 is 1.03 bits per heavy atom. The molecule has 3 aromatic rings. The van der Waals surface area contributed by atoms with Crippen LogP contribution in [0.2, 0.25) is 0 Å². The van der Waals surface area contributed by atoms with Crippen LogP contribution >= 0.6 is 0 Å². The molecule has 0 saturated carbocycles. The van der Waals surface area contributed by atoms with Gasteiger partial charge in [0.15, 0.2) is 0 Å². The van der Waals surface area contributed by atoms with Crippen molar-refractivity contribution >= 4 is 23.1 Å². The molecule has 2 heterocycles. The number of carbonyl (C=O) groups excluding carboxylic acids is 1. The number of rotatable bonds is 5. The van der Waals surface area contributed by atoms with E-state index in [0.717, 1.165) is 22.6 Å². The second-order valence-corrected chi connectivity index (χ2v) is 8.00. The molecule has 0 aliphatic carbocycles. The highest BCUT2D eigenvalue weighted by Crippen LogP contribution is 2.32. The number of nitrogens with zero attached hydrogens (tertiary/aromatic N) is 4. The molecule has 1 aromatic heterocycles. The molecule has 1 aliphatic rings. The number of benzene rings is 2. The molecule has 8 nitrogen and oxygen atoms in total. The van der Waals surface area contributed by atoms with Gasteiger partial charge < -0.3 is 19.6 Å². The van der Waals surface area contributed by atoms with E-state index in [4.69, 9.17) is 4.74 Å². The fourth-order valence-corrected chi connectivity index (χ4v) is 3.82. The molecule has 1 fully saturated rings. The molecule has 1 saturated heterocycles. The average Bonchev–Trinajstić information content (AvgIpc) is 2.85. The lowest BCUT2D eigenvalue weighted by Crippen LogP contribution is -2.54. The maximum Gasteiger partial charge on any atom is 0.336 e. The van der Waals surface area contributed by atoms with Crippen LogP contribution in [0.1, 0.15) is 11.3 Å². The SMILES string of the molecule is COc1nc(C)c(C)cc1N(NC(=O)N1CCN(c2ccc(O)cc2)CC1)c1ccccc1. The summed E-state index contributed by atoms with van der Waals surface area (Å²) in [4.78, 5) is 21.8. The third kappa shape index (κ3) is 4.95. The van der Waals surface area contributed by atoms with Gasteiger partial charge in [-0.05, 0) is 61.9 Å². The quantitative estimate of drug-likeness (QED) is 0.576. The highest BCUT2D eigenvalue weighted by Gasteiger charge is 2.25. The summed E-state index contributed by atoms with van der Waals surface area (Å²) in [7, 11) is 1.58. The number of piperazine rings is 1. The fraction of sp³-hybridized carbons (Fsp3) is 0.280. The molecule has 4 rings (SSSR count). The Hall–Kier alpha value is -3.94. The number of amides is 2. The Bertz CT molecular complexity index is 1100. The van der Waals surface area contributed by atoms with Gasteiger partial charge in [-0.15, -0.1) is 0 Å². The number of aromatic nitrogens is 1. The van der Waals surface area contributed by atoms with E-state index in [2.05, 4.69) is 15.3 Å². The summed E-state index contributed by atoms with van der Waals surface area (Å²) >= 11 is 0. The lowest BCUT2D eigenvalue weighted by Gasteiger charge is -2.37. The zero-order chi connectivity index (χ0) is 23.4. The molecule has 0 unspecified atom stereocenters. The van der Waals surface area contributed by atoms with Crippen LogP contribution < -0.4 is 20.1 Å². The number of hydrogen-bond acceptors (Lipinski definition) is 6. The van der Waals surface area contributed by atoms with E-state index in [1.807, 2.05) is 62.4 Å². The summed E-state index contributed by atoms with van der Waals surface area (Å²) in [6.45, 7) is 6.49. The highest BCUT2D eigenvalue weighted by atomic mass is 16.5. The van der Waals surface area contributed by atoms with Gasteiger partial charge in [0.1, 0.15) is 11.4 Å². The predicted octanol–water partition coefficient (Wildman–Crippen LogP) is 4.00. The van der Waals surface area contributed by atoms with Crippen molar-refractivity contribution in [2.24, 2.45) is 0 Å². The van der Waals surface area contributed by atoms with Crippen LogP contribution in [0.5, 0.6) is 11.6 Å². The molecule has 0 radical (unpaired) electrons. The van der Waals surface area contributed by atoms with Crippen molar-refractivity contribution in [1.82, 2.24) is 15.3 Å². The number of urea groups is 1. The largest absolute Gasteiger partial charge is 0.508 e. The molecule has 2 amide bonds. The number of ether oxygens (including phenoxy) is 1. The zero-order valence-electron chi connectivity index (χ0n) is 19.2. The van der Waals surface area contributed by atoms with Crippen LogP contribution in [-0.2, 0) is 0 Å². The summed E-state index contributed by atoms with van der Waals surface area (Å²) < 4.78 is 5.54. The smallest absolute Gasteiger partial charge is 0.336 e. The van der Waals surface area contributed by atoms with Crippen molar-refractivity contribution in [3.8, 4) is 11.6 Å². The van der Waals surface area contributed by atoms with Crippen LogP contribution in [0.3, 0.4) is 0 Å². The van der Waals surface area contributed by atoms with Gasteiger partial charge in [0.2, 0.25) is 5.88 Å². The number of hydrazine groups is 1. The second-order valence-electron chi connectivity index (χ2n) is 8.00. The number of hydrogen-bond donors (Lipinski definition) is 2. The second kappa shape index (κ2) is 9.68. The molecular weight excluding hydrogens is 418 g/mol. The monoisotopic (exact) mass is 447 g/mol. The van der Waals surface area contributed by atoms with Crippen LogP contribution in [-0.4, -0.2) is 54.3 Å². The summed E-state index contributed by atoms with van der Waals surface area (Å²) in [5.41, 5.74) is 7.43. The van der Waals surface area contributed by atoms with Crippen molar-refractivity contribution in [1.29, 1.82) is 0 Å². The van der Waals surface area contributed by atoms with Gasteiger partial charge >= 0.3 is 6.03 Å². The maximum atomic E-state index is 13.3. The normalized spacial score (nSPS) is 13.5. The van der Waals surface area contributed by atoms with E-state index in [1.54, 1.807) is 29.2 Å². The number of nitrogens with one attached hydrogen (secondary N) is 1. The van der Waals surface area contributed by atoms with E-state index < -0.39 is 0 Å². The number of phenols is 1. The Morgan fingerprint density at radius 2 is 1.70 bits per heavy atom. The minimum atomic E-state index is -0.190. The van der Waals surface area contributed by atoms with Gasteiger partial charge in [-0.3, -0.25) is 0 Å². The Kier molecular flexibility index (Phi) is 6.53. The molecule has 0 spiro atoms. The van der Waals surface area contributed by atoms with E-state index in [0.29, 0.717) is 37.7 Å². The standard InChI is InChI=1S/C25H29N5O3/c1-18-17-23(24(33-3)26-19(18)2)30(21-7-5-4-6-8-21)27-25(32)29-15-13-28(14-16-29)20-9-11-22(31)12-10-20/h4-12,17,31H,13-16H2,1-3H3,(H,27,32). The Balaban J connectivity index is 1.52. The number of aryl methyl sites for hydroxylation is 2. The third-order valence-corrected chi connectivity index (χ3v) is 5.85. The van der Waals surface area contributed by atoms with Crippen LogP contribution in [0.4, 0.5) is 21.9 Å². The Morgan fingerprint density at radius 3 is 2.33 bits per heavy atom. The number of phenolic OH excluding ortho intramolecular Hbond substituents is 1. The lowest BCUT2D eigenvalue weighted by molar-refractivity contribution is 0.194. The number of aromatic hydroxyl groups is 1. The maximum absolute atomic E-state index is 13.3. The van der Waals surface area contributed by atoms with Crippen molar-refractivity contribution in [2.45, 2.75) is 13.8 Å². The first-order valence-corrected chi connectivity index (χ1v) is 10.9. The van der Waals surface area contributed by atoms with Gasteiger partial charge in [-0.25, -0.2) is 20.2 Å². The lowest BCUT2D eigenvalue weighted by atomic mass is 10.2. The van der Waals surface area contributed by atoms with Crippen molar-refractivity contribution in [3.63, 3.8) is 0 Å². The van der Waals surface area contributed by atoms with E-state index in [1.165, 1.54) is 0 Å². The summed E-state index contributed by atoms with van der Waals surface area (Å²) in [5, 5.41) is 11.2. The molecule has 33 heavy (non-hydrogen) atoms. The molecule has 8 heteroatoms. The van der Waals surface area contributed by atoms with Crippen molar-refractivity contribution in [3.05, 3.63) is 71.9 Å². The van der Waals surface area contributed by atoms with E-state index in [-0.39, 0.29) is 11.8 Å². The molecule has 2 aromatic carbocycles. The van der Waals surface area contributed by atoms with Gasteiger partial charge in [-0.1, -0.05) is 18.2 Å². The first-order valence-electron chi connectivity index (χ1n) is 10.9. The van der Waals surface area contributed by atoms with Gasteiger partial charge in [-0.2, -0.15) is 0 Å². The Labute approximate surface area is 194 Å². The average molecular weight is 448 g/mol. The van der Waals surface area contributed by atoms with Crippen LogP contribution in [0, 0.1) is 13.8 Å². The molecule has 0 atom stereocenters. The summed E-state index contributed by atoms with van der Waals surface area (Å²) in [6.07, 6.45) is 0. The first-order chi connectivity index (χ1) is 16.0. The highest BCUT2D eigenvalue weighted by molar-refractivity contribution is 5.81. The van der Waals surface area contributed by atoms with Crippen LogP contribution in [0.15, 0.2) is 60.7 Å². The third-order valence-electron chi connectivity index (χ3n) is 5.85. The molecule has 0 bridgehead atoms. The van der Waals surface area contributed by atoms with E-state index in [9.17, 15) is 9.90 Å². The topological polar surface area (TPSA) is 81.2 Å². The zero-order valence-corrected chi connectivity index (χ0v) is 19.2. The van der Waals surface area contributed by atoms with Gasteiger partial charge in [0.25, 0.3) is 0 Å². The van der Waals surface area contributed by atoms with Crippen LogP contribution in [0.25, 0.3) is 0 Å². The molecule has 1 aliphatic heterocycles. The van der Waals surface area contributed by atoms with Crippen molar-refractivity contribution in [2.75, 3.05) is 43.2 Å². The molecular formula is C25H29N5O3. The number of methoxy groups -OCH3 is 1.